The van der Waals surface area contributed by atoms with Crippen molar-refractivity contribution in [3.8, 4) is 11.5 Å². The topological polar surface area (TPSA) is 71.9 Å². The number of para-hydroxylation sites is 2. The molecule has 4 atom stereocenters. The molecule has 0 spiro atoms. The molecule has 0 unspecified atom stereocenters. The summed E-state index contributed by atoms with van der Waals surface area (Å²) in [6.45, 7) is 1.48. The molecule has 2 aliphatic rings. The lowest BCUT2D eigenvalue weighted by Crippen LogP contribution is -2.42. The summed E-state index contributed by atoms with van der Waals surface area (Å²) >= 11 is 0. The second-order valence-corrected chi connectivity index (χ2v) is 8.03. The first-order valence-electron chi connectivity index (χ1n) is 10.3. The Labute approximate surface area is 171 Å². The molecular weight excluding hydrogens is 368 g/mol. The molecule has 1 amide bonds. The smallest absolute Gasteiger partial charge is 0.222 e. The number of aromatic nitrogens is 1. The number of methoxy groups -OCH3 is 1. The Balaban J connectivity index is 1.34. The minimum Gasteiger partial charge on any atom is -0.493 e. The van der Waals surface area contributed by atoms with Gasteiger partial charge >= 0.3 is 0 Å². The molecule has 1 aliphatic carbocycles. The molecule has 0 bridgehead atoms. The van der Waals surface area contributed by atoms with E-state index in [-0.39, 0.29) is 12.0 Å². The number of aliphatic hydroxyl groups excluding tert-OH is 1. The number of amides is 1. The Morgan fingerprint density at radius 2 is 1.90 bits per heavy atom. The van der Waals surface area contributed by atoms with Crippen molar-refractivity contribution in [1.82, 2.24) is 9.88 Å². The fourth-order valence-corrected chi connectivity index (χ4v) is 4.56. The Bertz CT molecular complexity index is 829. The van der Waals surface area contributed by atoms with Gasteiger partial charge in [0.2, 0.25) is 5.91 Å². The van der Waals surface area contributed by atoms with E-state index in [9.17, 15) is 9.90 Å². The van der Waals surface area contributed by atoms with Crippen molar-refractivity contribution >= 4 is 5.91 Å². The highest BCUT2D eigenvalue weighted by Gasteiger charge is 2.43. The highest BCUT2D eigenvalue weighted by Crippen LogP contribution is 2.39. The zero-order valence-electron chi connectivity index (χ0n) is 16.7. The van der Waals surface area contributed by atoms with Crippen molar-refractivity contribution in [3.05, 3.63) is 54.4 Å². The maximum atomic E-state index is 12.7. The summed E-state index contributed by atoms with van der Waals surface area (Å²) < 4.78 is 11.5. The molecule has 2 aromatic rings. The van der Waals surface area contributed by atoms with Crippen LogP contribution in [0.2, 0.25) is 0 Å². The number of fused-ring (bicyclic) bond motifs is 1. The van der Waals surface area contributed by atoms with E-state index in [4.69, 9.17) is 9.47 Å². The predicted octanol–water partition coefficient (Wildman–Crippen LogP) is 2.70. The minimum atomic E-state index is -0.536. The number of carbonyl (C=O) groups is 1. The van der Waals surface area contributed by atoms with E-state index in [1.54, 1.807) is 13.3 Å². The summed E-state index contributed by atoms with van der Waals surface area (Å²) in [7, 11) is 1.61. The molecule has 6 heteroatoms. The molecule has 1 aliphatic heterocycles. The molecule has 2 heterocycles. The van der Waals surface area contributed by atoms with Crippen molar-refractivity contribution in [2.75, 3.05) is 20.2 Å². The minimum absolute atomic E-state index is 0.180. The first-order valence-corrected chi connectivity index (χ1v) is 10.3. The van der Waals surface area contributed by atoms with E-state index in [1.165, 1.54) is 0 Å². The number of hydrogen-bond donors (Lipinski definition) is 1. The zero-order chi connectivity index (χ0) is 20.2. The van der Waals surface area contributed by atoms with Gasteiger partial charge in [0.15, 0.2) is 11.5 Å². The van der Waals surface area contributed by atoms with Gasteiger partial charge in [-0.3, -0.25) is 9.78 Å². The lowest BCUT2D eigenvalue weighted by molar-refractivity contribution is -0.130. The van der Waals surface area contributed by atoms with Crippen LogP contribution in [0.5, 0.6) is 11.5 Å². The fourth-order valence-electron chi connectivity index (χ4n) is 4.56. The number of aliphatic hydroxyl groups is 1. The maximum absolute atomic E-state index is 12.7. The third kappa shape index (κ3) is 4.53. The number of hydrogen-bond acceptors (Lipinski definition) is 5. The van der Waals surface area contributed by atoms with Gasteiger partial charge in [0, 0.05) is 31.9 Å². The highest BCUT2D eigenvalue weighted by molar-refractivity contribution is 5.76. The van der Waals surface area contributed by atoms with E-state index >= 15 is 0 Å². The summed E-state index contributed by atoms with van der Waals surface area (Å²) in [5, 5.41) is 10.6. The summed E-state index contributed by atoms with van der Waals surface area (Å²) in [4.78, 5) is 18.8. The van der Waals surface area contributed by atoms with Crippen molar-refractivity contribution in [2.24, 2.45) is 11.8 Å². The molecular formula is C23H28N2O4. The lowest BCUT2D eigenvalue weighted by Gasteiger charge is -2.35. The number of pyridine rings is 1. The molecule has 154 valence electrons. The van der Waals surface area contributed by atoms with Crippen molar-refractivity contribution in [2.45, 2.75) is 37.9 Å². The Morgan fingerprint density at radius 3 is 2.62 bits per heavy atom. The standard InChI is InChI=1S/C23H28N2O4/c1-28-20-6-2-3-7-21(20)29-22-12-18-15-25(14-17(18)11-19(22)26)23(27)9-8-16-5-4-10-24-13-16/h2-7,10,13,17-19,22,26H,8-9,11-12,14-15H2,1H3/t17-,18+,19+,22+/m0/s1. The van der Waals surface area contributed by atoms with Crippen LogP contribution in [0.1, 0.15) is 24.8 Å². The summed E-state index contributed by atoms with van der Waals surface area (Å²) in [6.07, 6.45) is 5.35. The Hall–Kier alpha value is -2.60. The normalized spacial score (nSPS) is 26.1. The lowest BCUT2D eigenvalue weighted by atomic mass is 9.78. The van der Waals surface area contributed by atoms with Gasteiger partial charge in [-0.25, -0.2) is 0 Å². The van der Waals surface area contributed by atoms with E-state index in [0.29, 0.717) is 42.6 Å². The predicted molar refractivity (Wildman–Crippen MR) is 109 cm³/mol. The second kappa shape index (κ2) is 8.82. The third-order valence-electron chi connectivity index (χ3n) is 6.14. The van der Waals surface area contributed by atoms with E-state index in [2.05, 4.69) is 4.98 Å². The summed E-state index contributed by atoms with van der Waals surface area (Å²) in [6, 6.07) is 11.4. The van der Waals surface area contributed by atoms with Crippen LogP contribution in [-0.4, -0.2) is 53.3 Å². The van der Waals surface area contributed by atoms with Gasteiger partial charge in [0.1, 0.15) is 6.10 Å². The molecule has 1 aromatic heterocycles. The van der Waals surface area contributed by atoms with Gasteiger partial charge < -0.3 is 19.5 Å². The maximum Gasteiger partial charge on any atom is 0.222 e. The van der Waals surface area contributed by atoms with E-state index in [0.717, 1.165) is 25.1 Å². The van der Waals surface area contributed by atoms with Gasteiger partial charge in [-0.05, 0) is 54.9 Å². The highest BCUT2D eigenvalue weighted by atomic mass is 16.5. The number of benzene rings is 1. The molecule has 6 nitrogen and oxygen atoms in total. The van der Waals surface area contributed by atoms with Crippen LogP contribution in [0.15, 0.2) is 48.8 Å². The number of ether oxygens (including phenoxy) is 2. The molecule has 0 radical (unpaired) electrons. The first kappa shape index (κ1) is 19.7. The number of nitrogens with zero attached hydrogens (tertiary/aromatic N) is 2. The van der Waals surface area contributed by atoms with Crippen molar-refractivity contribution < 1.29 is 19.4 Å². The van der Waals surface area contributed by atoms with Crippen molar-refractivity contribution in [3.63, 3.8) is 0 Å². The van der Waals surface area contributed by atoms with Crippen LogP contribution < -0.4 is 9.47 Å². The Kier molecular flexibility index (Phi) is 6.00. The summed E-state index contributed by atoms with van der Waals surface area (Å²) in [5.74, 6) is 2.20. The molecule has 1 aromatic carbocycles. The van der Waals surface area contributed by atoms with Gasteiger partial charge in [-0.15, -0.1) is 0 Å². The van der Waals surface area contributed by atoms with Gasteiger partial charge in [0.25, 0.3) is 0 Å². The molecule has 1 saturated carbocycles. The second-order valence-electron chi connectivity index (χ2n) is 8.03. The van der Waals surface area contributed by atoms with Crippen LogP contribution in [0.25, 0.3) is 0 Å². The quantitative estimate of drug-likeness (QED) is 0.813. The first-order chi connectivity index (χ1) is 14.1. The SMILES string of the molecule is COc1ccccc1O[C@@H]1C[C@@H]2CN(C(=O)CCc3cccnc3)C[C@@H]2C[C@H]1O. The number of aryl methyl sites for hydroxylation is 1. The number of rotatable bonds is 6. The third-order valence-corrected chi connectivity index (χ3v) is 6.14. The molecule has 1 N–H and O–H groups in total. The summed E-state index contributed by atoms with van der Waals surface area (Å²) in [5.41, 5.74) is 1.08. The molecule has 1 saturated heterocycles. The zero-order valence-corrected chi connectivity index (χ0v) is 16.7. The average Bonchev–Trinajstić information content (AvgIpc) is 3.16. The van der Waals surface area contributed by atoms with Crippen molar-refractivity contribution in [1.29, 1.82) is 0 Å². The Morgan fingerprint density at radius 1 is 1.14 bits per heavy atom. The van der Waals surface area contributed by atoms with Gasteiger partial charge in [-0.2, -0.15) is 0 Å². The van der Waals surface area contributed by atoms with Crippen LogP contribution >= 0.6 is 0 Å². The van der Waals surface area contributed by atoms with Crippen LogP contribution in [0.3, 0.4) is 0 Å². The number of carbonyl (C=O) groups excluding carboxylic acids is 1. The monoisotopic (exact) mass is 396 g/mol. The van der Waals surface area contributed by atoms with Gasteiger partial charge in [0.05, 0.1) is 13.2 Å². The fraction of sp³-hybridized carbons (Fsp3) is 0.478. The van der Waals surface area contributed by atoms with Gasteiger partial charge in [-0.1, -0.05) is 18.2 Å². The average molecular weight is 396 g/mol. The van der Waals surface area contributed by atoms with Crippen LogP contribution in [0.4, 0.5) is 0 Å². The molecule has 29 heavy (non-hydrogen) atoms. The van der Waals surface area contributed by atoms with Crippen LogP contribution in [0, 0.1) is 11.8 Å². The number of likely N-dealkylation sites (tertiary alicyclic amines) is 1. The van der Waals surface area contributed by atoms with E-state index < -0.39 is 6.10 Å². The van der Waals surface area contributed by atoms with E-state index in [1.807, 2.05) is 47.5 Å². The molecule has 2 fully saturated rings. The molecule has 4 rings (SSSR count). The van der Waals surface area contributed by atoms with Crippen LogP contribution in [-0.2, 0) is 11.2 Å². The largest absolute Gasteiger partial charge is 0.493 e.